The van der Waals surface area contributed by atoms with E-state index in [9.17, 15) is 24.3 Å². The molecular formula is C21H17N5O5. The van der Waals surface area contributed by atoms with Crippen LogP contribution in [0.3, 0.4) is 0 Å². The fraction of sp³-hybridized carbons (Fsp3) is 0.143. The van der Waals surface area contributed by atoms with Crippen LogP contribution in [0.25, 0.3) is 10.9 Å². The van der Waals surface area contributed by atoms with Crippen LogP contribution in [0.2, 0.25) is 0 Å². The smallest absolute Gasteiger partial charge is 0.354 e. The molecule has 10 nitrogen and oxygen atoms in total. The first kappa shape index (κ1) is 18.7. The van der Waals surface area contributed by atoms with Crippen molar-refractivity contribution in [3.63, 3.8) is 0 Å². The molecule has 1 atom stereocenters. The first-order chi connectivity index (χ1) is 14.8. The van der Waals surface area contributed by atoms with Crippen LogP contribution in [-0.4, -0.2) is 30.5 Å². The summed E-state index contributed by atoms with van der Waals surface area (Å²) in [6.07, 6.45) is -1.37. The van der Waals surface area contributed by atoms with Gasteiger partial charge in [-0.15, -0.1) is 4.68 Å². The van der Waals surface area contributed by atoms with Gasteiger partial charge in [0, 0.05) is 11.1 Å². The second-order valence-electron chi connectivity index (χ2n) is 7.52. The van der Waals surface area contributed by atoms with E-state index in [0.717, 1.165) is 20.7 Å². The molecule has 3 N–H and O–H groups in total. The number of hydrogen-bond donors (Lipinski definition) is 3. The molecule has 1 aliphatic rings. The molecule has 0 radical (unpaired) electrons. The number of nitrogens with one attached hydrogen (secondary N) is 2. The third-order valence-corrected chi connectivity index (χ3v) is 5.44. The predicted octanol–water partition coefficient (Wildman–Crippen LogP) is 1.54. The van der Waals surface area contributed by atoms with Crippen molar-refractivity contribution in [1.82, 2.24) is 19.3 Å². The molecule has 31 heavy (non-hydrogen) atoms. The van der Waals surface area contributed by atoms with Crippen molar-refractivity contribution < 1.29 is 9.90 Å². The van der Waals surface area contributed by atoms with E-state index in [1.54, 1.807) is 42.5 Å². The van der Waals surface area contributed by atoms with Gasteiger partial charge in [0.05, 0.1) is 5.52 Å². The predicted molar refractivity (Wildman–Crippen MR) is 113 cm³/mol. The van der Waals surface area contributed by atoms with Crippen LogP contribution in [0.1, 0.15) is 22.9 Å². The van der Waals surface area contributed by atoms with E-state index in [2.05, 4.69) is 4.98 Å². The van der Waals surface area contributed by atoms with Crippen LogP contribution in [0.4, 0.5) is 10.5 Å². The molecule has 10 heteroatoms. The molecular weight excluding hydrogens is 402 g/mol. The van der Waals surface area contributed by atoms with Crippen molar-refractivity contribution in [3.05, 3.63) is 90.5 Å². The molecule has 4 aromatic rings. The number of benzene rings is 2. The quantitative estimate of drug-likeness (QED) is 0.453. The van der Waals surface area contributed by atoms with Crippen molar-refractivity contribution in [2.75, 3.05) is 4.90 Å². The number of carbonyl (C=O) groups excluding carboxylic acids is 1. The number of pyridine rings is 1. The topological polar surface area (TPSA) is 133 Å². The highest BCUT2D eigenvalue weighted by atomic mass is 16.3. The number of fused-ring (bicyclic) bond motifs is 2. The number of anilines is 1. The molecule has 0 fully saturated rings. The zero-order valence-electron chi connectivity index (χ0n) is 16.5. The molecule has 2 aromatic carbocycles. The van der Waals surface area contributed by atoms with E-state index in [4.69, 9.17) is 0 Å². The van der Waals surface area contributed by atoms with Crippen LogP contribution < -0.4 is 21.8 Å². The van der Waals surface area contributed by atoms with E-state index in [1.165, 1.54) is 0 Å². The Labute approximate surface area is 173 Å². The standard InChI is InChI=1S/C21H17N5O5/c1-10-3-6-12(7-4-10)24-18(25-19(29)23-20(30)26(25)21(24)31)15-16(27)13-9-11(2)5-8-14(13)22-17(15)28/h3-9,18H,1-2H3,(H2,22,27,28)(H,23,29,30). The summed E-state index contributed by atoms with van der Waals surface area (Å²) in [4.78, 5) is 56.9. The molecule has 0 aliphatic carbocycles. The number of H-pyrrole nitrogens is 2. The highest BCUT2D eigenvalue weighted by Gasteiger charge is 2.44. The van der Waals surface area contributed by atoms with E-state index in [-0.39, 0.29) is 11.3 Å². The summed E-state index contributed by atoms with van der Waals surface area (Å²) in [6.45, 7) is 3.70. The summed E-state index contributed by atoms with van der Waals surface area (Å²) in [5.41, 5.74) is -0.168. The normalized spacial score (nSPS) is 15.6. The zero-order valence-corrected chi connectivity index (χ0v) is 16.5. The first-order valence-electron chi connectivity index (χ1n) is 9.47. The summed E-state index contributed by atoms with van der Waals surface area (Å²) in [5.74, 6) is -0.369. The molecule has 0 bridgehead atoms. The Hall–Kier alpha value is -4.34. The molecule has 156 valence electrons. The van der Waals surface area contributed by atoms with Crippen LogP contribution in [0, 0.1) is 13.8 Å². The van der Waals surface area contributed by atoms with E-state index in [0.29, 0.717) is 21.3 Å². The summed E-state index contributed by atoms with van der Waals surface area (Å²) in [6, 6.07) is 11.1. The average Bonchev–Trinajstić information content (AvgIpc) is 3.18. The van der Waals surface area contributed by atoms with Crippen molar-refractivity contribution in [3.8, 4) is 5.75 Å². The van der Waals surface area contributed by atoms with Gasteiger partial charge < -0.3 is 10.1 Å². The number of aromatic nitrogens is 4. The Kier molecular flexibility index (Phi) is 3.81. The molecule has 1 amide bonds. The van der Waals surface area contributed by atoms with Crippen molar-refractivity contribution in [1.29, 1.82) is 0 Å². The highest BCUT2D eigenvalue weighted by Crippen LogP contribution is 2.37. The van der Waals surface area contributed by atoms with Gasteiger partial charge >= 0.3 is 17.4 Å². The number of aromatic amines is 2. The summed E-state index contributed by atoms with van der Waals surface area (Å²) < 4.78 is 1.47. The lowest BCUT2D eigenvalue weighted by Crippen LogP contribution is -2.38. The van der Waals surface area contributed by atoms with E-state index >= 15 is 0 Å². The fourth-order valence-electron chi connectivity index (χ4n) is 3.96. The van der Waals surface area contributed by atoms with E-state index in [1.807, 2.05) is 18.8 Å². The minimum atomic E-state index is -1.37. The second-order valence-corrected chi connectivity index (χ2v) is 7.52. The number of rotatable bonds is 2. The Balaban J connectivity index is 1.86. The number of aryl methyl sites for hydroxylation is 2. The fourth-order valence-corrected chi connectivity index (χ4v) is 3.96. The lowest BCUT2D eigenvalue weighted by Gasteiger charge is -2.24. The summed E-state index contributed by atoms with van der Waals surface area (Å²) in [5, 5.41) is 11.4. The molecule has 1 unspecified atom stereocenters. The van der Waals surface area contributed by atoms with Gasteiger partial charge in [0.25, 0.3) is 5.56 Å². The maximum atomic E-state index is 13.2. The van der Waals surface area contributed by atoms with Crippen molar-refractivity contribution >= 4 is 22.6 Å². The van der Waals surface area contributed by atoms with Crippen molar-refractivity contribution in [2.45, 2.75) is 20.0 Å². The first-order valence-corrected chi connectivity index (χ1v) is 9.47. The number of carbonyl (C=O) groups is 1. The molecule has 2 aromatic heterocycles. The third-order valence-electron chi connectivity index (χ3n) is 5.44. The minimum Gasteiger partial charge on any atom is -0.507 e. The SMILES string of the molecule is Cc1ccc(N2C(=O)n3c(=O)[nH]c(=O)n3C2c2c(O)c3cc(C)ccc3[nH]c2=O)cc1. The number of amides is 1. The lowest BCUT2D eigenvalue weighted by molar-refractivity contribution is 0.248. The molecule has 3 heterocycles. The minimum absolute atomic E-state index is 0.223. The zero-order chi connectivity index (χ0) is 22.0. The number of aromatic hydroxyl groups is 1. The third kappa shape index (κ3) is 2.58. The van der Waals surface area contributed by atoms with Gasteiger partial charge in [-0.05, 0) is 38.1 Å². The molecule has 1 aliphatic heterocycles. The van der Waals surface area contributed by atoms with Crippen LogP contribution in [0.5, 0.6) is 5.75 Å². The van der Waals surface area contributed by atoms with Crippen LogP contribution in [0.15, 0.2) is 56.8 Å². The molecule has 0 spiro atoms. The lowest BCUT2D eigenvalue weighted by atomic mass is 10.1. The van der Waals surface area contributed by atoms with Gasteiger partial charge in [-0.2, -0.15) is 4.68 Å². The molecule has 0 saturated heterocycles. The van der Waals surface area contributed by atoms with E-state index < -0.39 is 29.1 Å². The van der Waals surface area contributed by atoms with Crippen molar-refractivity contribution in [2.24, 2.45) is 0 Å². The Morgan fingerprint density at radius 1 is 0.871 bits per heavy atom. The monoisotopic (exact) mass is 419 g/mol. The summed E-state index contributed by atoms with van der Waals surface area (Å²) in [7, 11) is 0. The molecule has 5 rings (SSSR count). The van der Waals surface area contributed by atoms with Gasteiger partial charge in [0.15, 0.2) is 6.17 Å². The van der Waals surface area contributed by atoms with Crippen LogP contribution >= 0.6 is 0 Å². The van der Waals surface area contributed by atoms with Gasteiger partial charge in [-0.1, -0.05) is 29.3 Å². The Bertz CT molecular complexity index is 1550. The maximum Gasteiger partial charge on any atom is 0.354 e. The van der Waals surface area contributed by atoms with Gasteiger partial charge in [-0.3, -0.25) is 14.7 Å². The van der Waals surface area contributed by atoms with Gasteiger partial charge in [0.2, 0.25) is 0 Å². The van der Waals surface area contributed by atoms with Crippen LogP contribution in [-0.2, 0) is 0 Å². The largest absolute Gasteiger partial charge is 0.507 e. The Morgan fingerprint density at radius 3 is 2.26 bits per heavy atom. The maximum absolute atomic E-state index is 13.2. The summed E-state index contributed by atoms with van der Waals surface area (Å²) >= 11 is 0. The molecule has 0 saturated carbocycles. The van der Waals surface area contributed by atoms with Gasteiger partial charge in [0.1, 0.15) is 11.3 Å². The number of nitrogens with zero attached hydrogens (tertiary/aromatic N) is 3. The number of hydrogen-bond acceptors (Lipinski definition) is 5. The second kappa shape index (κ2) is 6.33. The average molecular weight is 419 g/mol. The highest BCUT2D eigenvalue weighted by molar-refractivity contribution is 5.96. The van der Waals surface area contributed by atoms with Gasteiger partial charge in [-0.25, -0.2) is 14.4 Å². The Morgan fingerprint density at radius 2 is 1.55 bits per heavy atom.